The summed E-state index contributed by atoms with van der Waals surface area (Å²) in [4.78, 5) is 11.9. The number of nitrogens with one attached hydrogen (secondary N) is 1. The van der Waals surface area contributed by atoms with Crippen molar-refractivity contribution in [3.8, 4) is 5.69 Å². The molecule has 0 unspecified atom stereocenters. The first-order chi connectivity index (χ1) is 9.60. The maximum absolute atomic E-state index is 11.9. The van der Waals surface area contributed by atoms with E-state index in [0.717, 1.165) is 10.2 Å². The summed E-state index contributed by atoms with van der Waals surface area (Å²) in [5.74, 6) is -0.266. The Labute approximate surface area is 125 Å². The SMILES string of the molecule is COC[C@@H](C)NC(=O)c1cn(-c2ccc(Br)cc2)nn1. The summed E-state index contributed by atoms with van der Waals surface area (Å²) < 4.78 is 7.50. The first-order valence-electron chi connectivity index (χ1n) is 6.08. The third-order valence-electron chi connectivity index (χ3n) is 2.61. The summed E-state index contributed by atoms with van der Waals surface area (Å²) >= 11 is 3.37. The van der Waals surface area contributed by atoms with Crippen molar-refractivity contribution in [3.05, 3.63) is 40.6 Å². The van der Waals surface area contributed by atoms with Gasteiger partial charge >= 0.3 is 0 Å². The van der Waals surface area contributed by atoms with E-state index in [4.69, 9.17) is 4.74 Å². The Hall–Kier alpha value is -1.73. The molecule has 20 heavy (non-hydrogen) atoms. The van der Waals surface area contributed by atoms with E-state index < -0.39 is 0 Å². The molecule has 0 aliphatic carbocycles. The lowest BCUT2D eigenvalue weighted by atomic mass is 10.3. The number of halogens is 1. The van der Waals surface area contributed by atoms with E-state index in [1.807, 2.05) is 31.2 Å². The van der Waals surface area contributed by atoms with Gasteiger partial charge in [0.1, 0.15) is 0 Å². The van der Waals surface area contributed by atoms with Crippen LogP contribution < -0.4 is 5.32 Å². The molecule has 0 aliphatic rings. The number of hydrogen-bond acceptors (Lipinski definition) is 4. The molecule has 7 heteroatoms. The average Bonchev–Trinajstić information content (AvgIpc) is 2.89. The number of hydrogen-bond donors (Lipinski definition) is 1. The molecule has 0 bridgehead atoms. The molecule has 6 nitrogen and oxygen atoms in total. The molecule has 1 N–H and O–H groups in total. The minimum atomic E-state index is -0.266. The number of rotatable bonds is 5. The van der Waals surface area contributed by atoms with Gasteiger partial charge in [0, 0.05) is 17.6 Å². The standard InChI is InChI=1S/C13H15BrN4O2/c1-9(8-20-2)15-13(19)12-7-18(17-16-12)11-5-3-10(14)4-6-11/h3-7,9H,8H2,1-2H3,(H,15,19)/t9-/m1/s1. The van der Waals surface area contributed by atoms with Crippen LogP contribution >= 0.6 is 15.9 Å². The zero-order chi connectivity index (χ0) is 14.5. The zero-order valence-electron chi connectivity index (χ0n) is 11.2. The summed E-state index contributed by atoms with van der Waals surface area (Å²) in [6.07, 6.45) is 1.60. The molecule has 2 rings (SSSR count). The Morgan fingerprint density at radius 2 is 2.15 bits per heavy atom. The number of methoxy groups -OCH3 is 1. The Balaban J connectivity index is 2.08. The van der Waals surface area contributed by atoms with Crippen molar-refractivity contribution in [2.75, 3.05) is 13.7 Å². The second-order valence-electron chi connectivity index (χ2n) is 4.35. The second-order valence-corrected chi connectivity index (χ2v) is 5.27. The van der Waals surface area contributed by atoms with Crippen LogP contribution in [-0.2, 0) is 4.74 Å². The van der Waals surface area contributed by atoms with Gasteiger partial charge in [-0.2, -0.15) is 0 Å². The fourth-order valence-corrected chi connectivity index (χ4v) is 1.94. The fraction of sp³-hybridized carbons (Fsp3) is 0.308. The van der Waals surface area contributed by atoms with Gasteiger partial charge in [-0.1, -0.05) is 21.1 Å². The number of nitrogens with zero attached hydrogens (tertiary/aromatic N) is 3. The minimum absolute atomic E-state index is 0.0784. The van der Waals surface area contributed by atoms with Crippen molar-refractivity contribution < 1.29 is 9.53 Å². The largest absolute Gasteiger partial charge is 0.383 e. The summed E-state index contributed by atoms with van der Waals surface area (Å²) in [6.45, 7) is 2.31. The van der Waals surface area contributed by atoms with E-state index in [1.54, 1.807) is 18.0 Å². The lowest BCUT2D eigenvalue weighted by molar-refractivity contribution is 0.0900. The molecule has 0 fully saturated rings. The normalized spacial score (nSPS) is 12.2. The van der Waals surface area contributed by atoms with Crippen LogP contribution in [0.25, 0.3) is 5.69 Å². The van der Waals surface area contributed by atoms with Crippen molar-refractivity contribution in [1.82, 2.24) is 20.3 Å². The van der Waals surface area contributed by atoms with Crippen LogP contribution in [0.5, 0.6) is 0 Å². The summed E-state index contributed by atoms with van der Waals surface area (Å²) in [5, 5.41) is 10.6. The van der Waals surface area contributed by atoms with Gasteiger partial charge in [0.25, 0.3) is 5.91 Å². The summed E-state index contributed by atoms with van der Waals surface area (Å²) in [7, 11) is 1.59. The minimum Gasteiger partial charge on any atom is -0.383 e. The van der Waals surface area contributed by atoms with Gasteiger partial charge in [-0.15, -0.1) is 5.10 Å². The van der Waals surface area contributed by atoms with Gasteiger partial charge in [-0.25, -0.2) is 4.68 Å². The van der Waals surface area contributed by atoms with Crippen molar-refractivity contribution in [1.29, 1.82) is 0 Å². The fourth-order valence-electron chi connectivity index (χ4n) is 1.68. The maximum Gasteiger partial charge on any atom is 0.273 e. The first-order valence-corrected chi connectivity index (χ1v) is 6.87. The van der Waals surface area contributed by atoms with Crippen LogP contribution in [0.3, 0.4) is 0 Å². The number of carbonyl (C=O) groups excluding carboxylic acids is 1. The highest BCUT2D eigenvalue weighted by molar-refractivity contribution is 9.10. The molecule has 1 atom stereocenters. The maximum atomic E-state index is 11.9. The van der Waals surface area contributed by atoms with E-state index >= 15 is 0 Å². The number of benzene rings is 1. The summed E-state index contributed by atoms with van der Waals surface area (Å²) in [5.41, 5.74) is 1.11. The topological polar surface area (TPSA) is 69.0 Å². The van der Waals surface area contributed by atoms with Gasteiger partial charge in [0.2, 0.25) is 0 Å². The van der Waals surface area contributed by atoms with Crippen LogP contribution in [0.15, 0.2) is 34.9 Å². The molecule has 1 aromatic carbocycles. The number of amides is 1. The van der Waals surface area contributed by atoms with Crippen LogP contribution in [-0.4, -0.2) is 40.7 Å². The molecule has 0 saturated heterocycles. The zero-order valence-corrected chi connectivity index (χ0v) is 12.8. The van der Waals surface area contributed by atoms with Gasteiger partial charge < -0.3 is 10.1 Å². The van der Waals surface area contributed by atoms with E-state index in [0.29, 0.717) is 6.61 Å². The van der Waals surface area contributed by atoms with Crippen LogP contribution in [0.1, 0.15) is 17.4 Å². The average molecular weight is 339 g/mol. The predicted octanol–water partition coefficient (Wildman–Crippen LogP) is 1.79. The van der Waals surface area contributed by atoms with Crippen LogP contribution in [0, 0.1) is 0 Å². The van der Waals surface area contributed by atoms with Gasteiger partial charge in [0.15, 0.2) is 5.69 Å². The molecular weight excluding hydrogens is 324 g/mol. The van der Waals surface area contributed by atoms with E-state index in [-0.39, 0.29) is 17.6 Å². The van der Waals surface area contributed by atoms with Gasteiger partial charge in [-0.05, 0) is 31.2 Å². The molecule has 2 aromatic rings. The Bertz CT molecular complexity index is 582. The Kier molecular flexibility index (Phi) is 4.86. The first kappa shape index (κ1) is 14.7. The number of ether oxygens (including phenoxy) is 1. The summed E-state index contributed by atoms with van der Waals surface area (Å²) in [6, 6.07) is 7.49. The Morgan fingerprint density at radius 3 is 2.80 bits per heavy atom. The molecule has 0 spiro atoms. The molecular formula is C13H15BrN4O2. The monoisotopic (exact) mass is 338 g/mol. The van der Waals surface area contributed by atoms with E-state index in [1.165, 1.54) is 0 Å². The van der Waals surface area contributed by atoms with Crippen molar-refractivity contribution in [3.63, 3.8) is 0 Å². The highest BCUT2D eigenvalue weighted by atomic mass is 79.9. The van der Waals surface area contributed by atoms with E-state index in [2.05, 4.69) is 31.6 Å². The van der Waals surface area contributed by atoms with E-state index in [9.17, 15) is 4.79 Å². The lowest BCUT2D eigenvalue weighted by Crippen LogP contribution is -2.35. The van der Waals surface area contributed by atoms with Crippen molar-refractivity contribution >= 4 is 21.8 Å². The number of aromatic nitrogens is 3. The van der Waals surface area contributed by atoms with Gasteiger partial charge in [0.05, 0.1) is 18.5 Å². The predicted molar refractivity (Wildman–Crippen MR) is 77.9 cm³/mol. The highest BCUT2D eigenvalue weighted by Gasteiger charge is 2.13. The third kappa shape index (κ3) is 3.64. The Morgan fingerprint density at radius 1 is 1.45 bits per heavy atom. The molecule has 0 saturated carbocycles. The molecule has 1 amide bonds. The highest BCUT2D eigenvalue weighted by Crippen LogP contribution is 2.13. The smallest absolute Gasteiger partial charge is 0.273 e. The lowest BCUT2D eigenvalue weighted by Gasteiger charge is -2.10. The molecule has 1 aromatic heterocycles. The van der Waals surface area contributed by atoms with Crippen LogP contribution in [0.2, 0.25) is 0 Å². The van der Waals surface area contributed by atoms with Crippen molar-refractivity contribution in [2.24, 2.45) is 0 Å². The van der Waals surface area contributed by atoms with Gasteiger partial charge in [-0.3, -0.25) is 4.79 Å². The van der Waals surface area contributed by atoms with Crippen LogP contribution in [0.4, 0.5) is 0 Å². The quantitative estimate of drug-likeness (QED) is 0.902. The van der Waals surface area contributed by atoms with Crippen molar-refractivity contribution in [2.45, 2.75) is 13.0 Å². The second kappa shape index (κ2) is 6.62. The molecule has 106 valence electrons. The molecule has 0 aliphatic heterocycles. The molecule has 0 radical (unpaired) electrons. The third-order valence-corrected chi connectivity index (χ3v) is 3.14. The molecule has 1 heterocycles. The number of carbonyl (C=O) groups is 1.